The fraction of sp³-hybridized carbons (Fsp3) is 0.600. The van der Waals surface area contributed by atoms with Gasteiger partial charge in [-0.1, -0.05) is 13.8 Å². The number of nitrogens with zero attached hydrogens (tertiary/aromatic N) is 1. The van der Waals surface area contributed by atoms with Crippen molar-refractivity contribution in [3.8, 4) is 0 Å². The fourth-order valence-electron chi connectivity index (χ4n) is 1.31. The second-order valence-electron chi connectivity index (χ2n) is 3.79. The topological polar surface area (TPSA) is 62.2 Å². The zero-order chi connectivity index (χ0) is 11.4. The van der Waals surface area contributed by atoms with E-state index in [1.54, 1.807) is 17.5 Å². The van der Waals surface area contributed by atoms with Gasteiger partial charge in [0.2, 0.25) is 0 Å². The molecule has 2 N–H and O–H groups in total. The van der Waals surface area contributed by atoms with Crippen molar-refractivity contribution in [1.82, 2.24) is 10.3 Å². The zero-order valence-corrected chi connectivity index (χ0v) is 9.97. The number of carboxylic acids is 1. The van der Waals surface area contributed by atoms with E-state index in [0.717, 1.165) is 9.88 Å². The molecule has 84 valence electrons. The van der Waals surface area contributed by atoms with E-state index >= 15 is 0 Å². The molecule has 1 aromatic heterocycles. The summed E-state index contributed by atoms with van der Waals surface area (Å²) in [6, 6.07) is -0.493. The predicted molar refractivity (Wildman–Crippen MR) is 60.0 cm³/mol. The normalized spacial score (nSPS) is 13.1. The van der Waals surface area contributed by atoms with Crippen molar-refractivity contribution >= 4 is 17.3 Å². The molecule has 0 aromatic carbocycles. The van der Waals surface area contributed by atoms with Gasteiger partial charge >= 0.3 is 5.97 Å². The van der Waals surface area contributed by atoms with Crippen LogP contribution in [0.15, 0.2) is 6.20 Å². The Balaban J connectivity index is 2.50. The lowest BCUT2D eigenvalue weighted by Gasteiger charge is -2.16. The molecular formula is C10H16N2O2S. The summed E-state index contributed by atoms with van der Waals surface area (Å²) in [7, 11) is 0. The number of aromatic nitrogens is 1. The lowest BCUT2D eigenvalue weighted by molar-refractivity contribution is -0.140. The van der Waals surface area contributed by atoms with Crippen LogP contribution in [0, 0.1) is 12.8 Å². The first-order valence-electron chi connectivity index (χ1n) is 4.88. The number of nitrogens with one attached hydrogen (secondary N) is 1. The van der Waals surface area contributed by atoms with Crippen molar-refractivity contribution in [2.45, 2.75) is 33.4 Å². The molecule has 0 fully saturated rings. The molecule has 0 spiro atoms. The molecule has 0 aliphatic heterocycles. The van der Waals surface area contributed by atoms with Gasteiger partial charge in [-0.3, -0.25) is 10.1 Å². The first kappa shape index (κ1) is 12.1. The van der Waals surface area contributed by atoms with Crippen molar-refractivity contribution < 1.29 is 9.90 Å². The van der Waals surface area contributed by atoms with Gasteiger partial charge in [0.15, 0.2) is 0 Å². The van der Waals surface area contributed by atoms with Crippen molar-refractivity contribution in [3.63, 3.8) is 0 Å². The fourth-order valence-corrected chi connectivity index (χ4v) is 2.05. The summed E-state index contributed by atoms with van der Waals surface area (Å²) in [4.78, 5) is 16.1. The molecule has 15 heavy (non-hydrogen) atoms. The van der Waals surface area contributed by atoms with E-state index < -0.39 is 12.0 Å². The molecule has 0 radical (unpaired) electrons. The molecule has 0 saturated heterocycles. The van der Waals surface area contributed by atoms with Gasteiger partial charge < -0.3 is 5.11 Å². The minimum Gasteiger partial charge on any atom is -0.480 e. The highest BCUT2D eigenvalue weighted by Crippen LogP contribution is 2.12. The third kappa shape index (κ3) is 3.60. The highest BCUT2D eigenvalue weighted by Gasteiger charge is 2.20. The van der Waals surface area contributed by atoms with E-state index in [2.05, 4.69) is 10.3 Å². The Morgan fingerprint density at radius 2 is 2.33 bits per heavy atom. The molecule has 1 heterocycles. The number of aryl methyl sites for hydroxylation is 1. The summed E-state index contributed by atoms with van der Waals surface area (Å²) in [5.74, 6) is -0.720. The van der Waals surface area contributed by atoms with E-state index in [-0.39, 0.29) is 5.92 Å². The summed E-state index contributed by atoms with van der Waals surface area (Å²) in [5, 5.41) is 13.0. The van der Waals surface area contributed by atoms with E-state index in [0.29, 0.717) is 6.54 Å². The SMILES string of the molecule is Cc1ncc(CNC(C(=O)O)C(C)C)s1. The van der Waals surface area contributed by atoms with Crippen LogP contribution in [0.4, 0.5) is 0 Å². The Labute approximate surface area is 93.4 Å². The quantitative estimate of drug-likeness (QED) is 0.804. The zero-order valence-electron chi connectivity index (χ0n) is 9.15. The first-order valence-corrected chi connectivity index (χ1v) is 5.70. The Kier molecular flexibility index (Phi) is 4.23. The number of thiazole rings is 1. The van der Waals surface area contributed by atoms with Gasteiger partial charge in [-0.25, -0.2) is 4.98 Å². The Morgan fingerprint density at radius 3 is 2.73 bits per heavy atom. The van der Waals surface area contributed by atoms with Gasteiger partial charge in [-0.05, 0) is 12.8 Å². The van der Waals surface area contributed by atoms with Gasteiger partial charge in [-0.15, -0.1) is 11.3 Å². The van der Waals surface area contributed by atoms with Crippen molar-refractivity contribution in [2.75, 3.05) is 0 Å². The van der Waals surface area contributed by atoms with Crippen LogP contribution in [0.2, 0.25) is 0 Å². The summed E-state index contributed by atoms with van der Waals surface area (Å²) in [6.07, 6.45) is 1.78. The van der Waals surface area contributed by atoms with Gasteiger partial charge in [0.05, 0.1) is 5.01 Å². The van der Waals surface area contributed by atoms with Crippen LogP contribution >= 0.6 is 11.3 Å². The number of carboxylic acid groups (broad SMARTS) is 1. The maximum atomic E-state index is 10.9. The highest BCUT2D eigenvalue weighted by atomic mass is 32.1. The Bertz CT molecular complexity index is 336. The summed E-state index contributed by atoms with van der Waals surface area (Å²) in [6.45, 7) is 6.29. The lowest BCUT2D eigenvalue weighted by Crippen LogP contribution is -2.40. The average molecular weight is 228 g/mol. The number of hydrogen-bond donors (Lipinski definition) is 2. The third-order valence-electron chi connectivity index (χ3n) is 2.10. The minimum atomic E-state index is -0.800. The molecule has 0 saturated carbocycles. The van der Waals surface area contributed by atoms with E-state index in [9.17, 15) is 4.79 Å². The van der Waals surface area contributed by atoms with Crippen LogP contribution in [0.1, 0.15) is 23.7 Å². The van der Waals surface area contributed by atoms with E-state index in [1.165, 1.54) is 0 Å². The molecule has 1 atom stereocenters. The molecule has 4 nitrogen and oxygen atoms in total. The molecule has 1 unspecified atom stereocenters. The van der Waals surface area contributed by atoms with Crippen molar-refractivity contribution in [3.05, 3.63) is 16.1 Å². The molecule has 0 amide bonds. The average Bonchev–Trinajstić information content (AvgIpc) is 2.50. The first-order chi connectivity index (χ1) is 7.00. The maximum Gasteiger partial charge on any atom is 0.320 e. The number of carbonyl (C=O) groups is 1. The van der Waals surface area contributed by atoms with Gasteiger partial charge in [-0.2, -0.15) is 0 Å². The van der Waals surface area contributed by atoms with E-state index in [4.69, 9.17) is 5.11 Å². The van der Waals surface area contributed by atoms with Crippen molar-refractivity contribution in [2.24, 2.45) is 5.92 Å². The molecule has 0 aliphatic carbocycles. The molecule has 1 aromatic rings. The highest BCUT2D eigenvalue weighted by molar-refractivity contribution is 7.11. The smallest absolute Gasteiger partial charge is 0.320 e. The summed E-state index contributed by atoms with van der Waals surface area (Å²) in [5.41, 5.74) is 0. The number of hydrogen-bond acceptors (Lipinski definition) is 4. The largest absolute Gasteiger partial charge is 0.480 e. The Morgan fingerprint density at radius 1 is 1.67 bits per heavy atom. The molecule has 5 heteroatoms. The van der Waals surface area contributed by atoms with Gasteiger partial charge in [0.25, 0.3) is 0 Å². The molecular weight excluding hydrogens is 212 g/mol. The standard InChI is InChI=1S/C10H16N2O2S/c1-6(2)9(10(13)14)12-5-8-4-11-7(3)15-8/h4,6,9,12H,5H2,1-3H3,(H,13,14). The monoisotopic (exact) mass is 228 g/mol. The van der Waals surface area contributed by atoms with Gasteiger partial charge in [0, 0.05) is 17.6 Å². The lowest BCUT2D eigenvalue weighted by atomic mass is 10.1. The van der Waals surface area contributed by atoms with Crippen LogP contribution in [-0.4, -0.2) is 22.1 Å². The van der Waals surface area contributed by atoms with Crippen molar-refractivity contribution in [1.29, 1.82) is 0 Å². The molecule has 0 aliphatic rings. The maximum absolute atomic E-state index is 10.9. The van der Waals surface area contributed by atoms with Crippen LogP contribution in [0.5, 0.6) is 0 Å². The number of rotatable bonds is 5. The van der Waals surface area contributed by atoms with Crippen LogP contribution in [0.25, 0.3) is 0 Å². The number of aliphatic carboxylic acids is 1. The second-order valence-corrected chi connectivity index (χ2v) is 5.11. The predicted octanol–water partition coefficient (Wildman–Crippen LogP) is 1.65. The molecule has 1 rings (SSSR count). The van der Waals surface area contributed by atoms with E-state index in [1.807, 2.05) is 20.8 Å². The summed E-state index contributed by atoms with van der Waals surface area (Å²) < 4.78 is 0. The Hall–Kier alpha value is -0.940. The molecule has 0 bridgehead atoms. The minimum absolute atomic E-state index is 0.0801. The third-order valence-corrected chi connectivity index (χ3v) is 3.01. The summed E-state index contributed by atoms with van der Waals surface area (Å²) >= 11 is 1.59. The van der Waals surface area contributed by atoms with Crippen LogP contribution in [-0.2, 0) is 11.3 Å². The van der Waals surface area contributed by atoms with Crippen LogP contribution < -0.4 is 5.32 Å². The van der Waals surface area contributed by atoms with Crippen LogP contribution in [0.3, 0.4) is 0 Å². The van der Waals surface area contributed by atoms with Gasteiger partial charge in [0.1, 0.15) is 6.04 Å². The second kappa shape index (κ2) is 5.23.